The van der Waals surface area contributed by atoms with Crippen molar-refractivity contribution in [3.8, 4) is 5.82 Å². The Hall–Kier alpha value is -3.04. The van der Waals surface area contributed by atoms with Crippen LogP contribution in [0, 0.1) is 0 Å². The van der Waals surface area contributed by atoms with Crippen LogP contribution in [0.5, 0.6) is 0 Å². The first-order chi connectivity index (χ1) is 14.7. The summed E-state index contributed by atoms with van der Waals surface area (Å²) in [5, 5.41) is 12.1. The van der Waals surface area contributed by atoms with E-state index in [1.165, 1.54) is 0 Å². The number of nitrogens with zero attached hydrogens (tertiary/aromatic N) is 6. The molecule has 3 aromatic heterocycles. The number of nitrogens with one attached hydrogen (secondary N) is 1. The Morgan fingerprint density at radius 3 is 2.83 bits per heavy atom. The van der Waals surface area contributed by atoms with Gasteiger partial charge in [0, 0.05) is 6.61 Å². The molecule has 9 heteroatoms. The van der Waals surface area contributed by atoms with E-state index >= 15 is 0 Å². The third-order valence-electron chi connectivity index (χ3n) is 6.38. The molecule has 2 saturated heterocycles. The maximum absolute atomic E-state index is 13.8. The number of fused-ring (bicyclic) bond motifs is 3. The van der Waals surface area contributed by atoms with E-state index in [9.17, 15) is 4.79 Å². The Kier molecular flexibility index (Phi) is 4.00. The number of benzene rings is 1. The molecule has 0 spiro atoms. The van der Waals surface area contributed by atoms with Gasteiger partial charge in [0.25, 0.3) is 5.56 Å². The van der Waals surface area contributed by atoms with Gasteiger partial charge in [-0.05, 0) is 44.9 Å². The van der Waals surface area contributed by atoms with E-state index in [-0.39, 0.29) is 23.7 Å². The highest BCUT2D eigenvalue weighted by atomic mass is 16.5. The number of hydrogen-bond donors (Lipinski definition) is 1. The lowest BCUT2D eigenvalue weighted by atomic mass is 10.1. The maximum atomic E-state index is 13.8. The van der Waals surface area contributed by atoms with Crippen LogP contribution in [0.2, 0.25) is 0 Å². The molecule has 0 bridgehead atoms. The first kappa shape index (κ1) is 17.8. The fourth-order valence-corrected chi connectivity index (χ4v) is 4.85. The van der Waals surface area contributed by atoms with Gasteiger partial charge in [0.2, 0.25) is 0 Å². The Labute approximate surface area is 172 Å². The van der Waals surface area contributed by atoms with Crippen LogP contribution in [0.15, 0.2) is 41.6 Å². The lowest BCUT2D eigenvalue weighted by molar-refractivity contribution is 0.108. The molecule has 0 radical (unpaired) electrons. The molecule has 0 amide bonds. The van der Waals surface area contributed by atoms with E-state index in [2.05, 4.69) is 20.6 Å². The van der Waals surface area contributed by atoms with Gasteiger partial charge in [-0.2, -0.15) is 4.68 Å². The second-order valence-electron chi connectivity index (χ2n) is 8.12. The highest BCUT2D eigenvalue weighted by Crippen LogP contribution is 2.29. The molecule has 2 aliphatic heterocycles. The number of para-hydroxylation sites is 2. The topological polar surface area (TPSA) is 91.3 Å². The molecule has 6 rings (SSSR count). The van der Waals surface area contributed by atoms with Crippen molar-refractivity contribution >= 4 is 16.6 Å². The minimum absolute atomic E-state index is 0.0100. The summed E-state index contributed by atoms with van der Waals surface area (Å²) in [6, 6.07) is 8.13. The number of ether oxygens (including phenoxy) is 1. The molecule has 0 aliphatic carbocycles. The molecule has 30 heavy (non-hydrogen) atoms. The maximum Gasteiger partial charge on any atom is 0.279 e. The van der Waals surface area contributed by atoms with Gasteiger partial charge in [0.05, 0.1) is 35.4 Å². The zero-order valence-corrected chi connectivity index (χ0v) is 16.7. The van der Waals surface area contributed by atoms with Crippen molar-refractivity contribution in [3.63, 3.8) is 0 Å². The van der Waals surface area contributed by atoms with Crippen LogP contribution in [-0.4, -0.2) is 48.2 Å². The van der Waals surface area contributed by atoms with E-state index < -0.39 is 0 Å². The minimum Gasteiger partial charge on any atom is -0.376 e. The second kappa shape index (κ2) is 6.75. The van der Waals surface area contributed by atoms with Crippen LogP contribution >= 0.6 is 0 Å². The summed E-state index contributed by atoms with van der Waals surface area (Å²) in [5.74, 6) is 0.503. The van der Waals surface area contributed by atoms with Crippen molar-refractivity contribution in [1.82, 2.24) is 34.3 Å². The molecule has 2 aliphatic rings. The Morgan fingerprint density at radius 1 is 1.20 bits per heavy atom. The number of hydrogen-bond acceptors (Lipinski definition) is 6. The van der Waals surface area contributed by atoms with Crippen molar-refractivity contribution < 1.29 is 4.74 Å². The predicted molar refractivity (Wildman–Crippen MR) is 111 cm³/mol. The summed E-state index contributed by atoms with van der Waals surface area (Å²) < 4.78 is 11.1. The summed E-state index contributed by atoms with van der Waals surface area (Å²) >= 11 is 0. The van der Waals surface area contributed by atoms with E-state index in [4.69, 9.17) is 4.74 Å². The summed E-state index contributed by atoms with van der Waals surface area (Å²) in [5.41, 5.74) is 3.12. The zero-order chi connectivity index (χ0) is 20.2. The van der Waals surface area contributed by atoms with Gasteiger partial charge >= 0.3 is 0 Å². The van der Waals surface area contributed by atoms with Gasteiger partial charge in [-0.15, -0.1) is 5.10 Å². The SMILES string of the molecule is CC1OCCC1n1c(=O)c2c(-n3cc(C4CCCN4)nn3)ncn2c2ccccc21. The van der Waals surface area contributed by atoms with Crippen molar-refractivity contribution in [2.24, 2.45) is 0 Å². The van der Waals surface area contributed by atoms with Gasteiger partial charge in [-0.25, -0.2) is 4.98 Å². The van der Waals surface area contributed by atoms with Crippen LogP contribution in [0.25, 0.3) is 22.4 Å². The number of rotatable bonds is 3. The smallest absolute Gasteiger partial charge is 0.279 e. The standard InChI is InChI=1S/C21H23N7O2/c1-13-16(8-10-30-13)28-18-7-3-2-6-17(18)26-12-23-20(19(26)21(28)29)27-11-15(24-25-27)14-5-4-9-22-14/h2-3,6-7,11-14,16,22H,4-5,8-10H2,1H3. The molecule has 2 fully saturated rings. The lowest BCUT2D eigenvalue weighted by Crippen LogP contribution is -2.30. The van der Waals surface area contributed by atoms with E-state index in [0.29, 0.717) is 17.9 Å². The van der Waals surface area contributed by atoms with Crippen molar-refractivity contribution in [2.75, 3.05) is 13.2 Å². The molecule has 1 aromatic carbocycles. The molecule has 3 atom stereocenters. The van der Waals surface area contributed by atoms with Crippen molar-refractivity contribution in [3.05, 3.63) is 52.8 Å². The Morgan fingerprint density at radius 2 is 2.07 bits per heavy atom. The monoisotopic (exact) mass is 405 g/mol. The molecule has 3 unspecified atom stereocenters. The van der Waals surface area contributed by atoms with E-state index in [1.54, 1.807) is 11.0 Å². The molecule has 0 saturated carbocycles. The highest BCUT2D eigenvalue weighted by Gasteiger charge is 2.30. The van der Waals surface area contributed by atoms with E-state index in [0.717, 1.165) is 42.5 Å². The largest absolute Gasteiger partial charge is 0.376 e. The first-order valence-electron chi connectivity index (χ1n) is 10.5. The summed E-state index contributed by atoms with van der Waals surface area (Å²) in [7, 11) is 0. The zero-order valence-electron chi connectivity index (χ0n) is 16.7. The van der Waals surface area contributed by atoms with E-state index in [1.807, 2.05) is 46.4 Å². The molecule has 154 valence electrons. The van der Waals surface area contributed by atoms with Gasteiger partial charge in [0.1, 0.15) is 12.0 Å². The summed E-state index contributed by atoms with van der Waals surface area (Å²) in [6.45, 7) is 3.67. The fourth-order valence-electron chi connectivity index (χ4n) is 4.85. The predicted octanol–water partition coefficient (Wildman–Crippen LogP) is 2.00. The molecular weight excluding hydrogens is 382 g/mol. The fraction of sp³-hybridized carbons (Fsp3) is 0.429. The highest BCUT2D eigenvalue weighted by molar-refractivity contribution is 5.81. The van der Waals surface area contributed by atoms with Crippen LogP contribution in [0.1, 0.15) is 44.0 Å². The van der Waals surface area contributed by atoms with Crippen LogP contribution in [-0.2, 0) is 4.74 Å². The average Bonchev–Trinajstić information content (AvgIpc) is 3.54. The quantitative estimate of drug-likeness (QED) is 0.561. The van der Waals surface area contributed by atoms with Gasteiger partial charge < -0.3 is 10.1 Å². The van der Waals surface area contributed by atoms with Crippen molar-refractivity contribution in [2.45, 2.75) is 44.4 Å². The molecule has 4 aromatic rings. The Bertz CT molecular complexity index is 1300. The second-order valence-corrected chi connectivity index (χ2v) is 8.12. The van der Waals surface area contributed by atoms with Gasteiger partial charge in [0.15, 0.2) is 11.3 Å². The third kappa shape index (κ3) is 2.55. The lowest BCUT2D eigenvalue weighted by Gasteiger charge is -2.20. The van der Waals surface area contributed by atoms with Gasteiger partial charge in [-0.1, -0.05) is 17.3 Å². The number of aromatic nitrogens is 6. The summed E-state index contributed by atoms with van der Waals surface area (Å²) in [6.07, 6.45) is 6.54. The van der Waals surface area contributed by atoms with Crippen LogP contribution < -0.4 is 10.9 Å². The van der Waals surface area contributed by atoms with Crippen LogP contribution in [0.3, 0.4) is 0 Å². The molecular formula is C21H23N7O2. The third-order valence-corrected chi connectivity index (χ3v) is 6.38. The molecule has 5 heterocycles. The average molecular weight is 405 g/mol. The summed E-state index contributed by atoms with van der Waals surface area (Å²) in [4.78, 5) is 18.3. The Balaban J connectivity index is 1.59. The first-order valence-corrected chi connectivity index (χ1v) is 10.5. The normalized spacial score (nSPS) is 24.4. The molecule has 1 N–H and O–H groups in total. The molecule has 9 nitrogen and oxygen atoms in total. The number of imidazole rings is 1. The van der Waals surface area contributed by atoms with Gasteiger partial charge in [-0.3, -0.25) is 13.8 Å². The van der Waals surface area contributed by atoms with Crippen LogP contribution in [0.4, 0.5) is 0 Å². The minimum atomic E-state index is -0.0837. The van der Waals surface area contributed by atoms with Crippen molar-refractivity contribution in [1.29, 1.82) is 0 Å².